The van der Waals surface area contributed by atoms with Gasteiger partial charge < -0.3 is 0 Å². The summed E-state index contributed by atoms with van der Waals surface area (Å²) in [6, 6.07) is 1.17. The van der Waals surface area contributed by atoms with Gasteiger partial charge in [-0.15, -0.1) is 0 Å². The third kappa shape index (κ3) is 4.35. The molecule has 2 aromatic rings. The largest absolute Gasteiger partial charge is 0.435 e. The number of nitrogens with zero attached hydrogens (tertiary/aromatic N) is 4. The lowest BCUT2D eigenvalue weighted by molar-refractivity contribution is -0.146. The molecule has 4 nitrogen and oxygen atoms in total. The van der Waals surface area contributed by atoms with E-state index >= 15 is 0 Å². The van der Waals surface area contributed by atoms with Crippen molar-refractivity contribution in [3.63, 3.8) is 0 Å². The molecule has 0 aromatic carbocycles. The van der Waals surface area contributed by atoms with Crippen molar-refractivity contribution < 1.29 is 26.3 Å². The normalized spacial score (nSPS) is 14.8. The highest BCUT2D eigenvalue weighted by Crippen LogP contribution is 2.34. The van der Waals surface area contributed by atoms with Crippen molar-refractivity contribution in [2.24, 2.45) is 0 Å². The van der Waals surface area contributed by atoms with E-state index in [1.165, 1.54) is 0 Å². The van der Waals surface area contributed by atoms with E-state index < -0.39 is 35.3 Å². The fourth-order valence-corrected chi connectivity index (χ4v) is 2.37. The maximum absolute atomic E-state index is 13.2. The zero-order valence-corrected chi connectivity index (χ0v) is 14.1. The van der Waals surface area contributed by atoms with Crippen LogP contribution in [0.25, 0.3) is 0 Å². The summed E-state index contributed by atoms with van der Waals surface area (Å²) >= 11 is 0. The first-order chi connectivity index (χ1) is 11.2. The molecule has 0 spiro atoms. The van der Waals surface area contributed by atoms with Crippen LogP contribution in [0.5, 0.6) is 0 Å². The van der Waals surface area contributed by atoms with E-state index in [1.807, 2.05) is 0 Å². The minimum Gasteiger partial charge on any atom is -0.269 e. The molecule has 0 N–H and O–H groups in total. The maximum Gasteiger partial charge on any atom is 0.435 e. The van der Waals surface area contributed by atoms with Crippen LogP contribution >= 0.6 is 0 Å². The first kappa shape index (κ1) is 19.3. The molecule has 140 valence electrons. The fraction of sp³-hybridized carbons (Fsp3) is 0.600. The van der Waals surface area contributed by atoms with Crippen LogP contribution in [0.2, 0.25) is 0 Å². The molecule has 0 amide bonds. The number of rotatable bonds is 3. The van der Waals surface area contributed by atoms with Crippen molar-refractivity contribution >= 4 is 0 Å². The van der Waals surface area contributed by atoms with Crippen molar-refractivity contribution in [2.45, 2.75) is 58.0 Å². The summed E-state index contributed by atoms with van der Waals surface area (Å²) < 4.78 is 79.3. The predicted octanol–water partition coefficient (Wildman–Crippen LogP) is 4.68. The minimum atomic E-state index is -4.57. The Morgan fingerprint density at radius 3 is 2.00 bits per heavy atom. The van der Waals surface area contributed by atoms with E-state index in [9.17, 15) is 26.3 Å². The first-order valence-electron chi connectivity index (χ1n) is 7.48. The van der Waals surface area contributed by atoms with E-state index in [-0.39, 0.29) is 12.1 Å². The van der Waals surface area contributed by atoms with Gasteiger partial charge in [-0.1, -0.05) is 0 Å². The Hall–Kier alpha value is -2.00. The lowest BCUT2D eigenvalue weighted by atomic mass is 10.1. The summed E-state index contributed by atoms with van der Waals surface area (Å²) in [6.07, 6.45) is -7.97. The molecule has 2 heterocycles. The van der Waals surface area contributed by atoms with Crippen molar-refractivity contribution in [3.8, 4) is 0 Å². The average molecular weight is 368 g/mol. The topological polar surface area (TPSA) is 35.6 Å². The van der Waals surface area contributed by atoms with Gasteiger partial charge in [-0.2, -0.15) is 36.5 Å². The number of hydrogen-bond acceptors (Lipinski definition) is 2. The van der Waals surface area contributed by atoms with Crippen molar-refractivity contribution in [2.75, 3.05) is 0 Å². The zero-order chi connectivity index (χ0) is 19.2. The van der Waals surface area contributed by atoms with Gasteiger partial charge in [0.25, 0.3) is 0 Å². The molecule has 1 unspecified atom stereocenters. The molecule has 1 atom stereocenters. The number of hydrogen-bond donors (Lipinski definition) is 0. The van der Waals surface area contributed by atoms with Gasteiger partial charge in [-0.05, 0) is 39.8 Å². The summed E-state index contributed by atoms with van der Waals surface area (Å²) in [7, 11) is 0. The molecule has 0 bridgehead atoms. The maximum atomic E-state index is 13.2. The van der Waals surface area contributed by atoms with E-state index in [2.05, 4.69) is 10.2 Å². The van der Waals surface area contributed by atoms with Crippen LogP contribution in [-0.2, 0) is 24.3 Å². The highest BCUT2D eigenvalue weighted by atomic mass is 19.4. The van der Waals surface area contributed by atoms with Gasteiger partial charge in [0.15, 0.2) is 5.69 Å². The molecule has 0 saturated carbocycles. The average Bonchev–Trinajstić information content (AvgIpc) is 3.02. The molecule has 2 aromatic heterocycles. The lowest BCUT2D eigenvalue weighted by Crippen LogP contribution is -2.28. The van der Waals surface area contributed by atoms with Crippen molar-refractivity contribution in [1.29, 1.82) is 0 Å². The fourth-order valence-electron chi connectivity index (χ4n) is 2.37. The highest BCUT2D eigenvalue weighted by molar-refractivity contribution is 5.16. The van der Waals surface area contributed by atoms with Crippen LogP contribution in [0.3, 0.4) is 0 Å². The first-order valence-corrected chi connectivity index (χ1v) is 7.48. The van der Waals surface area contributed by atoms with Gasteiger partial charge in [0, 0.05) is 12.6 Å². The van der Waals surface area contributed by atoms with Gasteiger partial charge >= 0.3 is 12.4 Å². The van der Waals surface area contributed by atoms with Crippen LogP contribution in [-0.4, -0.2) is 19.6 Å². The third-order valence-corrected chi connectivity index (χ3v) is 3.54. The van der Waals surface area contributed by atoms with E-state index in [0.29, 0.717) is 0 Å². The summed E-state index contributed by atoms with van der Waals surface area (Å²) in [5, 5.41) is 7.44. The number of alkyl halides is 6. The Bertz CT molecular complexity index is 701. The van der Waals surface area contributed by atoms with E-state index in [4.69, 9.17) is 0 Å². The lowest BCUT2D eigenvalue weighted by Gasteiger charge is -2.23. The zero-order valence-electron chi connectivity index (χ0n) is 14.1. The molecule has 0 saturated heterocycles. The Labute approximate surface area is 140 Å². The van der Waals surface area contributed by atoms with Crippen LogP contribution < -0.4 is 0 Å². The molecule has 0 radical (unpaired) electrons. The second kappa shape index (κ2) is 6.06. The van der Waals surface area contributed by atoms with E-state index in [0.717, 1.165) is 27.7 Å². The Kier molecular flexibility index (Phi) is 4.69. The van der Waals surface area contributed by atoms with Crippen molar-refractivity contribution in [1.82, 2.24) is 19.6 Å². The standard InChI is InChI=1S/C15H18F6N4/c1-9(24-6-5-11(23-24)14(16,17)18)7-10-8-12(15(19,20)21)25(22-10)13(2,3)4/h5-6,8-9H,7H2,1-4H3. The van der Waals surface area contributed by atoms with Crippen LogP contribution in [0.15, 0.2) is 18.3 Å². The van der Waals surface area contributed by atoms with E-state index in [1.54, 1.807) is 27.7 Å². The summed E-state index contributed by atoms with van der Waals surface area (Å²) in [4.78, 5) is 0. The second-order valence-electron chi connectivity index (χ2n) is 6.83. The molecule has 25 heavy (non-hydrogen) atoms. The molecule has 0 aliphatic rings. The second-order valence-corrected chi connectivity index (χ2v) is 6.83. The van der Waals surface area contributed by atoms with Gasteiger partial charge in [0.2, 0.25) is 0 Å². The molecular formula is C15H18F6N4. The third-order valence-electron chi connectivity index (χ3n) is 3.54. The molecule has 0 aliphatic heterocycles. The summed E-state index contributed by atoms with van der Waals surface area (Å²) in [6.45, 7) is 6.33. The summed E-state index contributed by atoms with van der Waals surface area (Å²) in [5.74, 6) is 0. The number of aromatic nitrogens is 4. The van der Waals surface area contributed by atoms with Gasteiger partial charge in [0.05, 0.1) is 17.3 Å². The van der Waals surface area contributed by atoms with Crippen LogP contribution in [0, 0.1) is 0 Å². The Morgan fingerprint density at radius 1 is 1.00 bits per heavy atom. The molecule has 0 aliphatic carbocycles. The van der Waals surface area contributed by atoms with Gasteiger partial charge in [0.1, 0.15) is 5.69 Å². The molecule has 0 fully saturated rings. The van der Waals surface area contributed by atoms with Crippen molar-refractivity contribution in [3.05, 3.63) is 35.4 Å². The minimum absolute atomic E-state index is 0.0190. The SMILES string of the molecule is CC(Cc1cc(C(F)(F)F)n(C(C)(C)C)n1)n1ccc(C(F)(F)F)n1. The predicted molar refractivity (Wildman–Crippen MR) is 77.9 cm³/mol. The van der Waals surface area contributed by atoms with Gasteiger partial charge in [-0.25, -0.2) is 0 Å². The molecule has 10 heteroatoms. The molecular weight excluding hydrogens is 350 g/mol. The smallest absolute Gasteiger partial charge is 0.269 e. The quantitative estimate of drug-likeness (QED) is 0.738. The highest BCUT2D eigenvalue weighted by Gasteiger charge is 2.39. The van der Waals surface area contributed by atoms with Gasteiger partial charge in [-0.3, -0.25) is 9.36 Å². The monoisotopic (exact) mass is 368 g/mol. The molecule has 2 rings (SSSR count). The van der Waals surface area contributed by atoms with Crippen LogP contribution in [0.4, 0.5) is 26.3 Å². The van der Waals surface area contributed by atoms with Crippen LogP contribution in [0.1, 0.15) is 50.8 Å². The Morgan fingerprint density at radius 2 is 1.60 bits per heavy atom. The Balaban J connectivity index is 2.28. The summed E-state index contributed by atoms with van der Waals surface area (Å²) in [5.41, 5.74) is -2.69. The number of halogens is 6.